The van der Waals surface area contributed by atoms with Crippen LogP contribution in [0.2, 0.25) is 5.02 Å². The number of ether oxygens (including phenoxy) is 1. The van der Waals surface area contributed by atoms with E-state index in [1.165, 1.54) is 12.1 Å². The van der Waals surface area contributed by atoms with Crippen molar-refractivity contribution in [2.45, 2.75) is 19.6 Å². The second-order valence-electron chi connectivity index (χ2n) is 4.37. The fourth-order valence-corrected chi connectivity index (χ4v) is 1.85. The Labute approximate surface area is 126 Å². The van der Waals surface area contributed by atoms with Gasteiger partial charge in [0.1, 0.15) is 11.6 Å². The average molecular weight is 309 g/mol. The number of nitrogens with zero attached hydrogens (tertiary/aromatic N) is 1. The number of hydrogen-bond acceptors (Lipinski definition) is 3. The Kier molecular flexibility index (Phi) is 5.11. The van der Waals surface area contributed by atoms with Gasteiger partial charge in [-0.3, -0.25) is 9.78 Å². The van der Waals surface area contributed by atoms with Crippen LogP contribution in [0.1, 0.15) is 12.6 Å². The lowest BCUT2D eigenvalue weighted by atomic mass is 10.3. The highest BCUT2D eigenvalue weighted by Crippen LogP contribution is 2.25. The second-order valence-corrected chi connectivity index (χ2v) is 4.78. The number of halogens is 2. The smallest absolute Gasteiger partial charge is 0.261 e. The summed E-state index contributed by atoms with van der Waals surface area (Å²) in [5.41, 5.74) is 0.748. The van der Waals surface area contributed by atoms with Gasteiger partial charge in [-0.1, -0.05) is 17.7 Å². The summed E-state index contributed by atoms with van der Waals surface area (Å²) in [6, 6.07) is 9.19. The Bertz CT molecular complexity index is 622. The van der Waals surface area contributed by atoms with Crippen LogP contribution in [0.25, 0.3) is 0 Å². The van der Waals surface area contributed by atoms with Gasteiger partial charge in [-0.05, 0) is 37.3 Å². The molecule has 0 fully saturated rings. The Morgan fingerprint density at radius 2 is 2.24 bits per heavy atom. The minimum Gasteiger partial charge on any atom is -0.479 e. The van der Waals surface area contributed by atoms with Crippen molar-refractivity contribution in [1.29, 1.82) is 0 Å². The number of carbonyl (C=O) groups is 1. The van der Waals surface area contributed by atoms with Crippen LogP contribution >= 0.6 is 11.6 Å². The van der Waals surface area contributed by atoms with E-state index < -0.39 is 11.9 Å². The molecule has 2 rings (SSSR count). The molecule has 1 unspecified atom stereocenters. The molecule has 21 heavy (non-hydrogen) atoms. The van der Waals surface area contributed by atoms with Crippen LogP contribution in [0.3, 0.4) is 0 Å². The Hall–Kier alpha value is -2.14. The Morgan fingerprint density at radius 3 is 2.90 bits per heavy atom. The molecule has 0 saturated heterocycles. The van der Waals surface area contributed by atoms with Gasteiger partial charge in [0.15, 0.2) is 6.10 Å². The molecule has 6 heteroatoms. The molecule has 1 aromatic carbocycles. The van der Waals surface area contributed by atoms with Crippen LogP contribution in [0, 0.1) is 5.82 Å². The van der Waals surface area contributed by atoms with Crippen LogP contribution < -0.4 is 10.1 Å². The van der Waals surface area contributed by atoms with Gasteiger partial charge in [-0.2, -0.15) is 0 Å². The van der Waals surface area contributed by atoms with Gasteiger partial charge in [0, 0.05) is 6.20 Å². The topological polar surface area (TPSA) is 51.2 Å². The third-order valence-electron chi connectivity index (χ3n) is 2.74. The highest BCUT2D eigenvalue weighted by molar-refractivity contribution is 6.32. The van der Waals surface area contributed by atoms with Crippen molar-refractivity contribution in [3.63, 3.8) is 0 Å². The minimum absolute atomic E-state index is 0.124. The van der Waals surface area contributed by atoms with Gasteiger partial charge in [-0.25, -0.2) is 4.39 Å². The lowest BCUT2D eigenvalue weighted by Gasteiger charge is -2.15. The summed E-state index contributed by atoms with van der Waals surface area (Å²) in [6.07, 6.45) is 0.899. The third kappa shape index (κ3) is 4.43. The highest BCUT2D eigenvalue weighted by Gasteiger charge is 2.16. The summed E-state index contributed by atoms with van der Waals surface area (Å²) < 4.78 is 18.3. The van der Waals surface area contributed by atoms with Crippen molar-refractivity contribution in [3.05, 3.63) is 59.1 Å². The van der Waals surface area contributed by atoms with Crippen molar-refractivity contribution in [1.82, 2.24) is 10.3 Å². The molecule has 110 valence electrons. The molecule has 0 spiro atoms. The Morgan fingerprint density at radius 1 is 1.43 bits per heavy atom. The van der Waals surface area contributed by atoms with Gasteiger partial charge >= 0.3 is 0 Å². The number of amides is 1. The number of nitrogens with one attached hydrogen (secondary N) is 1. The molecular weight excluding hydrogens is 295 g/mol. The maximum Gasteiger partial charge on any atom is 0.261 e. The van der Waals surface area contributed by atoms with Crippen LogP contribution in [-0.2, 0) is 11.3 Å². The van der Waals surface area contributed by atoms with E-state index in [1.54, 1.807) is 19.2 Å². The first-order chi connectivity index (χ1) is 10.1. The van der Waals surface area contributed by atoms with Gasteiger partial charge in [0.2, 0.25) is 0 Å². The summed E-state index contributed by atoms with van der Waals surface area (Å²) in [7, 11) is 0. The fraction of sp³-hybridized carbons (Fsp3) is 0.200. The molecule has 1 amide bonds. The van der Waals surface area contributed by atoms with Crippen LogP contribution in [0.15, 0.2) is 42.6 Å². The Balaban J connectivity index is 1.90. The zero-order valence-corrected chi connectivity index (χ0v) is 12.1. The first kappa shape index (κ1) is 15.3. The van der Waals surface area contributed by atoms with E-state index in [9.17, 15) is 9.18 Å². The summed E-state index contributed by atoms with van der Waals surface area (Å²) in [6.45, 7) is 1.90. The first-order valence-corrected chi connectivity index (χ1v) is 6.73. The van der Waals surface area contributed by atoms with Crippen LogP contribution in [0.5, 0.6) is 5.75 Å². The summed E-state index contributed by atoms with van der Waals surface area (Å²) in [4.78, 5) is 16.0. The van der Waals surface area contributed by atoms with E-state index >= 15 is 0 Å². The molecule has 0 aliphatic carbocycles. The van der Waals surface area contributed by atoms with E-state index in [0.717, 1.165) is 11.8 Å². The number of benzene rings is 1. The lowest BCUT2D eigenvalue weighted by molar-refractivity contribution is -0.127. The van der Waals surface area contributed by atoms with Gasteiger partial charge in [-0.15, -0.1) is 0 Å². The van der Waals surface area contributed by atoms with Gasteiger partial charge in [0.25, 0.3) is 5.91 Å². The maximum absolute atomic E-state index is 12.9. The third-order valence-corrected chi connectivity index (χ3v) is 3.03. The fourth-order valence-electron chi connectivity index (χ4n) is 1.64. The van der Waals surface area contributed by atoms with E-state index in [4.69, 9.17) is 16.3 Å². The van der Waals surface area contributed by atoms with Gasteiger partial charge in [0.05, 0.1) is 17.3 Å². The average Bonchev–Trinajstić information content (AvgIpc) is 2.48. The van der Waals surface area contributed by atoms with Crippen molar-refractivity contribution < 1.29 is 13.9 Å². The molecule has 2 aromatic rings. The molecule has 1 heterocycles. The number of rotatable bonds is 5. The van der Waals surface area contributed by atoms with E-state index in [-0.39, 0.29) is 16.7 Å². The molecule has 0 bridgehead atoms. The number of carbonyl (C=O) groups excluding carboxylic acids is 1. The standard InChI is InChI=1S/C15H14ClFN2O2/c1-10(21-14-6-5-11(17)8-13(14)16)15(20)19-9-12-4-2-3-7-18-12/h2-8,10H,9H2,1H3,(H,19,20). The normalized spacial score (nSPS) is 11.8. The van der Waals surface area contributed by atoms with Crippen molar-refractivity contribution in [3.8, 4) is 5.75 Å². The summed E-state index contributed by atoms with van der Waals surface area (Å²) in [5, 5.41) is 2.83. The molecular formula is C15H14ClFN2O2. The molecule has 0 aliphatic rings. The largest absolute Gasteiger partial charge is 0.479 e. The van der Waals surface area contributed by atoms with E-state index in [2.05, 4.69) is 10.3 Å². The van der Waals surface area contributed by atoms with Crippen molar-refractivity contribution in [2.24, 2.45) is 0 Å². The predicted molar refractivity (Wildman–Crippen MR) is 77.6 cm³/mol. The predicted octanol–water partition coefficient (Wildman–Crippen LogP) is 2.96. The van der Waals surface area contributed by atoms with Crippen LogP contribution in [0.4, 0.5) is 4.39 Å². The second kappa shape index (κ2) is 7.04. The zero-order chi connectivity index (χ0) is 15.2. The molecule has 0 radical (unpaired) electrons. The molecule has 0 aliphatic heterocycles. The minimum atomic E-state index is -0.753. The molecule has 0 saturated carbocycles. The monoisotopic (exact) mass is 308 g/mol. The van der Waals surface area contributed by atoms with E-state index in [1.807, 2.05) is 12.1 Å². The molecule has 4 nitrogen and oxygen atoms in total. The summed E-state index contributed by atoms with van der Waals surface area (Å²) in [5.74, 6) is -0.501. The number of pyridine rings is 1. The number of aromatic nitrogens is 1. The SMILES string of the molecule is CC(Oc1ccc(F)cc1Cl)C(=O)NCc1ccccn1. The first-order valence-electron chi connectivity index (χ1n) is 6.35. The number of hydrogen-bond donors (Lipinski definition) is 1. The van der Waals surface area contributed by atoms with E-state index in [0.29, 0.717) is 6.54 Å². The molecule has 1 N–H and O–H groups in total. The zero-order valence-electron chi connectivity index (χ0n) is 11.3. The molecule has 1 aromatic heterocycles. The van der Waals surface area contributed by atoms with Crippen molar-refractivity contribution in [2.75, 3.05) is 0 Å². The van der Waals surface area contributed by atoms with Crippen LogP contribution in [-0.4, -0.2) is 17.0 Å². The maximum atomic E-state index is 12.9. The summed E-state index contributed by atoms with van der Waals surface area (Å²) >= 11 is 5.84. The highest BCUT2D eigenvalue weighted by atomic mass is 35.5. The van der Waals surface area contributed by atoms with Gasteiger partial charge < -0.3 is 10.1 Å². The lowest BCUT2D eigenvalue weighted by Crippen LogP contribution is -2.36. The van der Waals surface area contributed by atoms with Crippen molar-refractivity contribution >= 4 is 17.5 Å². The quantitative estimate of drug-likeness (QED) is 0.924. The molecule has 1 atom stereocenters.